The molecule has 0 saturated carbocycles. The number of benzene rings is 3. The molecule has 0 saturated heterocycles. The zero-order chi connectivity index (χ0) is 22.8. The first kappa shape index (κ1) is 23.3. The number of carboxylic acid groups (broad SMARTS) is 1. The zero-order valence-electron chi connectivity index (χ0n) is 18.7. The van der Waals surface area contributed by atoms with Crippen molar-refractivity contribution in [3.05, 3.63) is 95.6 Å². The predicted molar refractivity (Wildman–Crippen MR) is 129 cm³/mol. The van der Waals surface area contributed by atoms with Gasteiger partial charge < -0.3 is 10.0 Å². The Balaban J connectivity index is 1.70. The lowest BCUT2D eigenvalue weighted by Gasteiger charge is -2.23. The topological polar surface area (TPSA) is 57.6 Å². The van der Waals surface area contributed by atoms with Gasteiger partial charge in [-0.2, -0.15) is 0 Å². The summed E-state index contributed by atoms with van der Waals surface area (Å²) in [4.78, 5) is 26.0. The molecule has 0 spiro atoms. The quantitative estimate of drug-likeness (QED) is 0.395. The molecule has 0 aliphatic rings. The molecule has 3 aromatic rings. The summed E-state index contributed by atoms with van der Waals surface area (Å²) in [5.74, 6) is -0.724. The third kappa shape index (κ3) is 6.81. The van der Waals surface area contributed by atoms with Gasteiger partial charge in [0.25, 0.3) is 0 Å². The molecular formula is C28H31NO3. The number of hydrogen-bond donors (Lipinski definition) is 1. The van der Waals surface area contributed by atoms with E-state index in [-0.39, 0.29) is 11.5 Å². The van der Waals surface area contributed by atoms with Gasteiger partial charge >= 0.3 is 5.97 Å². The molecule has 0 aliphatic heterocycles. The average Bonchev–Trinajstić information content (AvgIpc) is 2.83. The minimum atomic E-state index is -0.929. The Morgan fingerprint density at radius 3 is 2.22 bits per heavy atom. The Kier molecular flexibility index (Phi) is 8.61. The predicted octanol–water partition coefficient (Wildman–Crippen LogP) is 6.20. The number of carbonyl (C=O) groups excluding carboxylic acids is 1. The Hall–Kier alpha value is -3.40. The van der Waals surface area contributed by atoms with Crippen LogP contribution in [0.4, 0.5) is 0 Å². The van der Waals surface area contributed by atoms with Crippen LogP contribution in [-0.2, 0) is 17.8 Å². The molecule has 0 bridgehead atoms. The number of aryl methyl sites for hydroxylation is 1. The fraction of sp³-hybridized carbons (Fsp3) is 0.286. The van der Waals surface area contributed by atoms with E-state index >= 15 is 0 Å². The van der Waals surface area contributed by atoms with E-state index in [1.807, 2.05) is 53.4 Å². The van der Waals surface area contributed by atoms with Gasteiger partial charge in [0.15, 0.2) is 0 Å². The van der Waals surface area contributed by atoms with E-state index in [4.69, 9.17) is 5.11 Å². The standard InChI is InChI=1S/C28H31NO3/c1-2-3-14-27(30)29(19-8-12-22-9-5-4-6-10-22)21-23-11-7-13-26(20-23)24-15-17-25(18-16-24)28(31)32/h4-7,9-11,13,15-18,20H,2-3,8,12,14,19,21H2,1H3,(H,31,32). The van der Waals surface area contributed by atoms with Crippen molar-refractivity contribution in [3.63, 3.8) is 0 Å². The lowest BCUT2D eigenvalue weighted by atomic mass is 10.0. The first-order valence-electron chi connectivity index (χ1n) is 11.3. The Labute approximate surface area is 190 Å². The lowest BCUT2D eigenvalue weighted by molar-refractivity contribution is -0.132. The third-order valence-electron chi connectivity index (χ3n) is 5.60. The first-order valence-corrected chi connectivity index (χ1v) is 11.3. The molecule has 1 N–H and O–H groups in total. The Morgan fingerprint density at radius 1 is 0.812 bits per heavy atom. The van der Waals surface area contributed by atoms with Crippen molar-refractivity contribution in [2.45, 2.75) is 45.6 Å². The molecule has 32 heavy (non-hydrogen) atoms. The van der Waals surface area contributed by atoms with Crippen LogP contribution in [0.2, 0.25) is 0 Å². The fourth-order valence-electron chi connectivity index (χ4n) is 3.77. The van der Waals surface area contributed by atoms with Gasteiger partial charge in [-0.1, -0.05) is 74.0 Å². The number of carbonyl (C=O) groups is 2. The summed E-state index contributed by atoms with van der Waals surface area (Å²) in [7, 11) is 0. The largest absolute Gasteiger partial charge is 0.478 e. The Morgan fingerprint density at radius 2 is 1.53 bits per heavy atom. The van der Waals surface area contributed by atoms with Gasteiger partial charge in [-0.3, -0.25) is 4.79 Å². The number of rotatable bonds is 11. The smallest absolute Gasteiger partial charge is 0.335 e. The van der Waals surface area contributed by atoms with Crippen LogP contribution in [0.25, 0.3) is 11.1 Å². The van der Waals surface area contributed by atoms with Crippen LogP contribution in [-0.4, -0.2) is 28.4 Å². The molecule has 0 radical (unpaired) electrons. The molecule has 1 amide bonds. The first-order chi connectivity index (χ1) is 15.6. The van der Waals surface area contributed by atoms with Gasteiger partial charge in [-0.05, 0) is 59.7 Å². The summed E-state index contributed by atoms with van der Waals surface area (Å²) in [5.41, 5.74) is 4.63. The fourth-order valence-corrected chi connectivity index (χ4v) is 3.77. The lowest BCUT2D eigenvalue weighted by Crippen LogP contribution is -2.31. The van der Waals surface area contributed by atoms with Gasteiger partial charge in [-0.25, -0.2) is 4.79 Å². The highest BCUT2D eigenvalue weighted by molar-refractivity contribution is 5.88. The molecular weight excluding hydrogens is 398 g/mol. The Bertz CT molecular complexity index is 1010. The van der Waals surface area contributed by atoms with Crippen LogP contribution in [0.3, 0.4) is 0 Å². The van der Waals surface area contributed by atoms with Crippen LogP contribution >= 0.6 is 0 Å². The van der Waals surface area contributed by atoms with Gasteiger partial charge in [-0.15, -0.1) is 0 Å². The maximum Gasteiger partial charge on any atom is 0.335 e. The molecule has 0 aromatic heterocycles. The van der Waals surface area contributed by atoms with E-state index in [0.29, 0.717) is 13.0 Å². The number of amides is 1. The van der Waals surface area contributed by atoms with Crippen molar-refractivity contribution in [2.75, 3.05) is 6.54 Å². The van der Waals surface area contributed by atoms with Gasteiger partial charge in [0.1, 0.15) is 0 Å². The summed E-state index contributed by atoms with van der Waals surface area (Å²) in [6, 6.07) is 25.4. The van der Waals surface area contributed by atoms with Crippen molar-refractivity contribution in [2.24, 2.45) is 0 Å². The second kappa shape index (κ2) is 11.8. The summed E-state index contributed by atoms with van der Waals surface area (Å²) < 4.78 is 0. The molecule has 0 unspecified atom stereocenters. The van der Waals surface area contributed by atoms with E-state index in [1.165, 1.54) is 5.56 Å². The van der Waals surface area contributed by atoms with Gasteiger partial charge in [0.05, 0.1) is 5.56 Å². The normalized spacial score (nSPS) is 10.7. The monoisotopic (exact) mass is 429 g/mol. The number of carboxylic acids is 1. The molecule has 0 fully saturated rings. The molecule has 4 heteroatoms. The van der Waals surface area contributed by atoms with Crippen LogP contribution < -0.4 is 0 Å². The van der Waals surface area contributed by atoms with Gasteiger partial charge in [0.2, 0.25) is 5.91 Å². The van der Waals surface area contributed by atoms with Crippen molar-refractivity contribution in [1.82, 2.24) is 4.90 Å². The summed E-state index contributed by atoms with van der Waals surface area (Å²) >= 11 is 0. The zero-order valence-corrected chi connectivity index (χ0v) is 18.7. The molecule has 0 aliphatic carbocycles. The molecule has 0 atom stereocenters. The number of unbranched alkanes of at least 4 members (excludes halogenated alkanes) is 1. The van der Waals surface area contributed by atoms with E-state index in [9.17, 15) is 9.59 Å². The number of aromatic carboxylic acids is 1. The molecule has 166 valence electrons. The summed E-state index contributed by atoms with van der Waals surface area (Å²) in [5, 5.41) is 9.11. The average molecular weight is 430 g/mol. The molecule has 3 rings (SSSR count). The van der Waals surface area contributed by atoms with E-state index in [2.05, 4.69) is 25.1 Å². The molecule has 4 nitrogen and oxygen atoms in total. The van der Waals surface area contributed by atoms with Crippen molar-refractivity contribution in [3.8, 4) is 11.1 Å². The molecule has 0 heterocycles. The second-order valence-electron chi connectivity index (χ2n) is 8.09. The van der Waals surface area contributed by atoms with Gasteiger partial charge in [0, 0.05) is 19.5 Å². The van der Waals surface area contributed by atoms with E-state index in [0.717, 1.165) is 48.9 Å². The number of hydrogen-bond acceptors (Lipinski definition) is 2. The highest BCUT2D eigenvalue weighted by Gasteiger charge is 2.14. The minimum absolute atomic E-state index is 0.205. The highest BCUT2D eigenvalue weighted by atomic mass is 16.4. The van der Waals surface area contributed by atoms with Crippen LogP contribution in [0, 0.1) is 0 Å². The number of nitrogens with zero attached hydrogens (tertiary/aromatic N) is 1. The van der Waals surface area contributed by atoms with Crippen molar-refractivity contribution < 1.29 is 14.7 Å². The second-order valence-corrected chi connectivity index (χ2v) is 8.09. The minimum Gasteiger partial charge on any atom is -0.478 e. The van der Waals surface area contributed by atoms with Crippen molar-refractivity contribution in [1.29, 1.82) is 0 Å². The summed E-state index contributed by atoms with van der Waals surface area (Å²) in [6.45, 7) is 3.42. The highest BCUT2D eigenvalue weighted by Crippen LogP contribution is 2.22. The van der Waals surface area contributed by atoms with Crippen LogP contribution in [0.1, 0.15) is 54.1 Å². The van der Waals surface area contributed by atoms with Crippen LogP contribution in [0.5, 0.6) is 0 Å². The third-order valence-corrected chi connectivity index (χ3v) is 5.60. The maximum absolute atomic E-state index is 12.9. The SMILES string of the molecule is CCCCC(=O)N(CCCc1ccccc1)Cc1cccc(-c2ccc(C(=O)O)cc2)c1. The van der Waals surface area contributed by atoms with E-state index < -0.39 is 5.97 Å². The van der Waals surface area contributed by atoms with Crippen LogP contribution in [0.15, 0.2) is 78.9 Å². The summed E-state index contributed by atoms with van der Waals surface area (Å²) in [6.07, 6.45) is 4.38. The maximum atomic E-state index is 12.9. The van der Waals surface area contributed by atoms with Crippen molar-refractivity contribution >= 4 is 11.9 Å². The van der Waals surface area contributed by atoms with E-state index in [1.54, 1.807) is 12.1 Å². The molecule has 3 aromatic carbocycles.